The maximum Gasteiger partial charge on any atom is 0.261 e. The highest BCUT2D eigenvalue weighted by atomic mass is 79.9. The average molecular weight is 584 g/mol. The molecule has 1 fully saturated rings. The summed E-state index contributed by atoms with van der Waals surface area (Å²) in [5, 5.41) is 3.82. The Kier molecular flexibility index (Phi) is 10.0. The maximum absolute atomic E-state index is 13.7. The number of rotatable bonds is 10. The van der Waals surface area contributed by atoms with Gasteiger partial charge in [0, 0.05) is 24.0 Å². The first-order chi connectivity index (χ1) is 18.0. The summed E-state index contributed by atoms with van der Waals surface area (Å²) in [6.45, 7) is 0.107. The Morgan fingerprint density at radius 1 is 0.946 bits per heavy atom. The van der Waals surface area contributed by atoms with Crippen LogP contribution in [0.25, 0.3) is 0 Å². The summed E-state index contributed by atoms with van der Waals surface area (Å²) < 4.78 is 6.54. The van der Waals surface area contributed by atoms with Crippen molar-refractivity contribution in [2.75, 3.05) is 6.61 Å². The van der Waals surface area contributed by atoms with E-state index in [2.05, 4.69) is 21.2 Å². The molecule has 0 bridgehead atoms. The van der Waals surface area contributed by atoms with E-state index in [4.69, 9.17) is 16.3 Å². The molecular formula is C30H32BrClN2O3. The summed E-state index contributed by atoms with van der Waals surface area (Å²) in [6, 6.07) is 24.2. The van der Waals surface area contributed by atoms with E-state index in [0.717, 1.165) is 36.8 Å². The average Bonchev–Trinajstić information content (AvgIpc) is 2.91. The van der Waals surface area contributed by atoms with Gasteiger partial charge in [0.1, 0.15) is 11.8 Å². The second-order valence-corrected chi connectivity index (χ2v) is 10.7. The summed E-state index contributed by atoms with van der Waals surface area (Å²) in [4.78, 5) is 29.1. The third kappa shape index (κ3) is 8.08. The molecule has 7 heteroatoms. The molecular weight excluding hydrogens is 552 g/mol. The van der Waals surface area contributed by atoms with Gasteiger partial charge in [-0.25, -0.2) is 0 Å². The van der Waals surface area contributed by atoms with E-state index < -0.39 is 6.04 Å². The van der Waals surface area contributed by atoms with Crippen LogP contribution in [-0.4, -0.2) is 35.4 Å². The summed E-state index contributed by atoms with van der Waals surface area (Å²) in [7, 11) is 0. The third-order valence-electron chi connectivity index (χ3n) is 6.66. The zero-order valence-corrected chi connectivity index (χ0v) is 23.1. The lowest BCUT2D eigenvalue weighted by atomic mass is 9.94. The number of halogens is 2. The molecule has 0 radical (unpaired) electrons. The lowest BCUT2D eigenvalue weighted by molar-refractivity contribution is -0.143. The molecule has 0 aromatic heterocycles. The van der Waals surface area contributed by atoms with Gasteiger partial charge in [0.15, 0.2) is 6.61 Å². The molecule has 1 N–H and O–H groups in total. The molecule has 194 valence electrons. The number of nitrogens with one attached hydrogen (secondary N) is 1. The van der Waals surface area contributed by atoms with E-state index in [1.165, 1.54) is 6.42 Å². The van der Waals surface area contributed by atoms with Gasteiger partial charge in [0.25, 0.3) is 5.91 Å². The highest BCUT2D eigenvalue weighted by Gasteiger charge is 2.32. The summed E-state index contributed by atoms with van der Waals surface area (Å²) >= 11 is 9.49. The van der Waals surface area contributed by atoms with Crippen molar-refractivity contribution in [3.63, 3.8) is 0 Å². The first-order valence-electron chi connectivity index (χ1n) is 12.7. The van der Waals surface area contributed by atoms with Crippen LogP contribution < -0.4 is 10.1 Å². The van der Waals surface area contributed by atoms with Crippen LogP contribution >= 0.6 is 27.5 Å². The zero-order valence-electron chi connectivity index (χ0n) is 20.7. The largest absolute Gasteiger partial charge is 0.483 e. The standard InChI is InChI=1S/C30H32BrClN2O3/c31-26-19-24(32)16-17-28(26)37-21-29(35)34(20-23-12-6-2-7-13-23)27(18-22-10-4-1-5-11-22)30(36)33-25-14-8-3-9-15-25/h1-2,4-7,10-13,16-17,19,25,27H,3,8-9,14-15,18,20-21H2,(H,33,36)/t27-/m1/s1. The fourth-order valence-corrected chi connectivity index (χ4v) is 5.49. The van der Waals surface area contributed by atoms with Crippen LogP contribution in [0.1, 0.15) is 43.2 Å². The minimum absolute atomic E-state index is 0.118. The van der Waals surface area contributed by atoms with Gasteiger partial charge in [-0.3, -0.25) is 9.59 Å². The SMILES string of the molecule is O=C(NC1CCCCC1)[C@@H](Cc1ccccc1)N(Cc1ccccc1)C(=O)COc1ccc(Cl)cc1Br. The highest BCUT2D eigenvalue weighted by molar-refractivity contribution is 9.10. The van der Waals surface area contributed by atoms with Gasteiger partial charge in [0.05, 0.1) is 4.47 Å². The molecule has 0 aliphatic heterocycles. The van der Waals surface area contributed by atoms with Crippen molar-refractivity contribution >= 4 is 39.3 Å². The minimum Gasteiger partial charge on any atom is -0.483 e. The van der Waals surface area contributed by atoms with Crippen molar-refractivity contribution < 1.29 is 14.3 Å². The van der Waals surface area contributed by atoms with Gasteiger partial charge >= 0.3 is 0 Å². The summed E-state index contributed by atoms with van der Waals surface area (Å²) in [6.07, 6.45) is 5.81. The van der Waals surface area contributed by atoms with Gasteiger partial charge < -0.3 is 15.0 Å². The number of carbonyl (C=O) groups excluding carboxylic acids is 2. The summed E-state index contributed by atoms with van der Waals surface area (Å²) in [5.74, 6) is 0.141. The second-order valence-electron chi connectivity index (χ2n) is 9.42. The normalized spacial score (nSPS) is 14.5. The number of hydrogen-bond donors (Lipinski definition) is 1. The lowest BCUT2D eigenvalue weighted by Gasteiger charge is -2.33. The molecule has 0 unspecified atom stereocenters. The first kappa shape index (κ1) is 27.2. The maximum atomic E-state index is 13.7. The zero-order chi connectivity index (χ0) is 26.0. The molecule has 1 aliphatic carbocycles. The Morgan fingerprint density at radius 2 is 1.59 bits per heavy atom. The number of hydrogen-bond acceptors (Lipinski definition) is 3. The Morgan fingerprint density at radius 3 is 2.24 bits per heavy atom. The van der Waals surface area contributed by atoms with E-state index >= 15 is 0 Å². The molecule has 5 nitrogen and oxygen atoms in total. The molecule has 1 saturated carbocycles. The fourth-order valence-electron chi connectivity index (χ4n) is 4.69. The fraction of sp³-hybridized carbons (Fsp3) is 0.333. The van der Waals surface area contributed by atoms with Crippen molar-refractivity contribution in [3.8, 4) is 5.75 Å². The number of benzene rings is 3. The molecule has 37 heavy (non-hydrogen) atoms. The predicted octanol–water partition coefficient (Wildman–Crippen LogP) is 6.57. The van der Waals surface area contributed by atoms with Crippen molar-refractivity contribution in [2.24, 2.45) is 0 Å². The second kappa shape index (κ2) is 13.6. The first-order valence-corrected chi connectivity index (χ1v) is 13.9. The molecule has 0 spiro atoms. The molecule has 3 aromatic rings. The Bertz CT molecular complexity index is 1170. The predicted molar refractivity (Wildman–Crippen MR) is 151 cm³/mol. The number of amides is 2. The van der Waals surface area contributed by atoms with Gasteiger partial charge in [-0.2, -0.15) is 0 Å². The van der Waals surface area contributed by atoms with E-state index in [1.54, 1.807) is 23.1 Å². The van der Waals surface area contributed by atoms with Crippen LogP contribution in [0.5, 0.6) is 5.75 Å². The van der Waals surface area contributed by atoms with Gasteiger partial charge in [-0.15, -0.1) is 0 Å². The Labute approximate surface area is 232 Å². The summed E-state index contributed by atoms with van der Waals surface area (Å²) in [5.41, 5.74) is 1.95. The van der Waals surface area contributed by atoms with Gasteiger partial charge in [-0.05, 0) is 58.1 Å². The molecule has 0 heterocycles. The monoisotopic (exact) mass is 582 g/mol. The van der Waals surface area contributed by atoms with E-state index in [1.807, 2.05) is 60.7 Å². The van der Waals surface area contributed by atoms with Crippen LogP contribution in [0.3, 0.4) is 0 Å². The van der Waals surface area contributed by atoms with Crippen LogP contribution in [0.2, 0.25) is 5.02 Å². The molecule has 4 rings (SSSR count). The Balaban J connectivity index is 1.60. The molecule has 1 aliphatic rings. The third-order valence-corrected chi connectivity index (χ3v) is 7.52. The van der Waals surface area contributed by atoms with E-state index in [-0.39, 0.29) is 24.5 Å². The van der Waals surface area contributed by atoms with Gasteiger partial charge in [0.2, 0.25) is 5.91 Å². The van der Waals surface area contributed by atoms with Gasteiger partial charge in [-0.1, -0.05) is 91.5 Å². The van der Waals surface area contributed by atoms with Crippen molar-refractivity contribution in [1.82, 2.24) is 10.2 Å². The van der Waals surface area contributed by atoms with Crippen molar-refractivity contribution in [1.29, 1.82) is 0 Å². The van der Waals surface area contributed by atoms with Crippen molar-refractivity contribution in [2.45, 2.75) is 57.2 Å². The number of ether oxygens (including phenoxy) is 1. The van der Waals surface area contributed by atoms with E-state index in [0.29, 0.717) is 28.2 Å². The van der Waals surface area contributed by atoms with Crippen LogP contribution in [0.15, 0.2) is 83.3 Å². The Hall–Kier alpha value is -2.83. The molecule has 0 saturated heterocycles. The number of carbonyl (C=O) groups is 2. The molecule has 2 amide bonds. The minimum atomic E-state index is -0.672. The van der Waals surface area contributed by atoms with Crippen LogP contribution in [-0.2, 0) is 22.6 Å². The highest BCUT2D eigenvalue weighted by Crippen LogP contribution is 2.28. The number of nitrogens with zero attached hydrogens (tertiary/aromatic N) is 1. The smallest absolute Gasteiger partial charge is 0.261 e. The van der Waals surface area contributed by atoms with Crippen molar-refractivity contribution in [3.05, 3.63) is 99.5 Å². The van der Waals surface area contributed by atoms with E-state index in [9.17, 15) is 9.59 Å². The quantitative estimate of drug-likeness (QED) is 0.294. The molecule has 1 atom stereocenters. The molecule has 3 aromatic carbocycles. The van der Waals surface area contributed by atoms with Crippen LogP contribution in [0, 0.1) is 0 Å². The topological polar surface area (TPSA) is 58.6 Å². The lowest BCUT2D eigenvalue weighted by Crippen LogP contribution is -2.53. The van der Waals surface area contributed by atoms with Crippen LogP contribution in [0.4, 0.5) is 0 Å².